The Morgan fingerprint density at radius 1 is 0.720 bits per heavy atom. The number of fused-ring (bicyclic) bond motifs is 1. The predicted octanol–water partition coefficient (Wildman–Crippen LogP) is 5.49. The highest BCUT2D eigenvalue weighted by molar-refractivity contribution is 6.28. The van der Waals surface area contributed by atoms with Gasteiger partial charge in [-0.3, -0.25) is 0 Å². The molecule has 3 nitrogen and oxygen atoms in total. The van der Waals surface area contributed by atoms with E-state index in [0.29, 0.717) is 17.0 Å². The summed E-state index contributed by atoms with van der Waals surface area (Å²) in [5.41, 5.74) is 3.20. The molecule has 0 bridgehead atoms. The second-order valence-electron chi connectivity index (χ2n) is 5.60. The summed E-state index contributed by atoms with van der Waals surface area (Å²) in [5, 5.41) is 12.1. The molecule has 0 radical (unpaired) electrons. The molecule has 25 heavy (non-hydrogen) atoms. The molecule has 0 amide bonds. The van der Waals surface area contributed by atoms with Crippen molar-refractivity contribution < 1.29 is 0 Å². The lowest BCUT2D eigenvalue weighted by molar-refractivity contribution is 1.16. The fourth-order valence-electron chi connectivity index (χ4n) is 2.89. The van der Waals surface area contributed by atoms with E-state index >= 15 is 0 Å². The van der Waals surface area contributed by atoms with E-state index in [9.17, 15) is 5.26 Å². The van der Waals surface area contributed by atoms with Crippen molar-refractivity contribution >= 4 is 22.4 Å². The van der Waals surface area contributed by atoms with Crippen LogP contribution in [0.4, 0.5) is 0 Å². The fraction of sp³-hybridized carbons (Fsp3) is 0. The summed E-state index contributed by atoms with van der Waals surface area (Å²) in [6, 6.07) is 25.9. The molecule has 1 heterocycles. The van der Waals surface area contributed by atoms with Crippen LogP contribution in [0.25, 0.3) is 33.3 Å². The van der Waals surface area contributed by atoms with Crippen LogP contribution in [0.1, 0.15) is 5.56 Å². The third-order valence-corrected chi connectivity index (χ3v) is 4.23. The molecule has 4 aromatic rings. The van der Waals surface area contributed by atoms with E-state index in [0.717, 1.165) is 21.9 Å². The molecule has 118 valence electrons. The van der Waals surface area contributed by atoms with Crippen molar-refractivity contribution in [3.05, 3.63) is 83.6 Å². The number of rotatable bonds is 2. The zero-order chi connectivity index (χ0) is 17.2. The Labute approximate surface area is 150 Å². The maximum atomic E-state index is 9.75. The Kier molecular flexibility index (Phi) is 3.89. The molecule has 0 spiro atoms. The van der Waals surface area contributed by atoms with Gasteiger partial charge in [-0.2, -0.15) is 5.26 Å². The monoisotopic (exact) mass is 341 g/mol. The standard InChI is InChI=1S/C21H12ClN3/c22-21-24-19(15-7-2-1-3-8-15)18(13-23)20(25-21)17-11-10-14-6-4-5-9-16(14)12-17/h1-12H. The topological polar surface area (TPSA) is 49.6 Å². The smallest absolute Gasteiger partial charge is 0.216 e. The van der Waals surface area contributed by atoms with Crippen LogP contribution in [0, 0.1) is 11.3 Å². The van der Waals surface area contributed by atoms with Crippen molar-refractivity contribution in [2.75, 3.05) is 0 Å². The van der Waals surface area contributed by atoms with Crippen LogP contribution < -0.4 is 0 Å². The highest BCUT2D eigenvalue weighted by Gasteiger charge is 2.17. The normalized spacial score (nSPS) is 10.6. The summed E-state index contributed by atoms with van der Waals surface area (Å²) in [6.07, 6.45) is 0. The molecule has 4 heteroatoms. The Balaban J connectivity index is 1.98. The summed E-state index contributed by atoms with van der Waals surface area (Å²) in [5.74, 6) is 0. The molecule has 0 aliphatic heterocycles. The highest BCUT2D eigenvalue weighted by atomic mass is 35.5. The molecule has 4 rings (SSSR count). The zero-order valence-electron chi connectivity index (χ0n) is 13.1. The second kappa shape index (κ2) is 6.35. The molecule has 0 fully saturated rings. The van der Waals surface area contributed by atoms with Crippen LogP contribution in [0.3, 0.4) is 0 Å². The predicted molar refractivity (Wildman–Crippen MR) is 100 cm³/mol. The Morgan fingerprint density at radius 2 is 1.36 bits per heavy atom. The number of benzene rings is 3. The number of nitrogens with zero attached hydrogens (tertiary/aromatic N) is 3. The van der Waals surface area contributed by atoms with Gasteiger partial charge in [0.25, 0.3) is 0 Å². The van der Waals surface area contributed by atoms with Crippen molar-refractivity contribution in [3.63, 3.8) is 0 Å². The highest BCUT2D eigenvalue weighted by Crippen LogP contribution is 2.31. The van der Waals surface area contributed by atoms with E-state index in [1.54, 1.807) is 0 Å². The van der Waals surface area contributed by atoms with Gasteiger partial charge in [-0.25, -0.2) is 9.97 Å². The van der Waals surface area contributed by atoms with Gasteiger partial charge in [-0.15, -0.1) is 0 Å². The van der Waals surface area contributed by atoms with Crippen molar-refractivity contribution in [2.45, 2.75) is 0 Å². The quantitative estimate of drug-likeness (QED) is 0.453. The van der Waals surface area contributed by atoms with E-state index in [2.05, 4.69) is 16.0 Å². The van der Waals surface area contributed by atoms with Gasteiger partial charge in [0.15, 0.2) is 0 Å². The van der Waals surface area contributed by atoms with Gasteiger partial charge in [-0.1, -0.05) is 66.7 Å². The van der Waals surface area contributed by atoms with Gasteiger partial charge in [0.2, 0.25) is 5.28 Å². The minimum Gasteiger partial charge on any atom is -0.216 e. The number of hydrogen-bond donors (Lipinski definition) is 0. The lowest BCUT2D eigenvalue weighted by Crippen LogP contribution is -1.98. The Hall–Kier alpha value is -3.22. The lowest BCUT2D eigenvalue weighted by Gasteiger charge is -2.10. The first kappa shape index (κ1) is 15.3. The maximum Gasteiger partial charge on any atom is 0.223 e. The number of nitriles is 1. The van der Waals surface area contributed by atoms with Crippen LogP contribution in [0.2, 0.25) is 5.28 Å². The van der Waals surface area contributed by atoms with Crippen molar-refractivity contribution in [1.29, 1.82) is 5.26 Å². The van der Waals surface area contributed by atoms with Crippen molar-refractivity contribution in [1.82, 2.24) is 9.97 Å². The summed E-state index contributed by atoms with van der Waals surface area (Å²) in [6.45, 7) is 0. The van der Waals surface area contributed by atoms with E-state index in [4.69, 9.17) is 11.6 Å². The van der Waals surface area contributed by atoms with Crippen LogP contribution in [-0.2, 0) is 0 Å². The van der Waals surface area contributed by atoms with Gasteiger partial charge >= 0.3 is 0 Å². The Bertz CT molecular complexity index is 1110. The molecular formula is C21H12ClN3. The molecule has 0 aliphatic carbocycles. The first-order chi connectivity index (χ1) is 12.3. The van der Waals surface area contributed by atoms with Crippen LogP contribution in [-0.4, -0.2) is 9.97 Å². The summed E-state index contributed by atoms with van der Waals surface area (Å²) in [7, 11) is 0. The number of aromatic nitrogens is 2. The second-order valence-corrected chi connectivity index (χ2v) is 5.94. The first-order valence-electron chi connectivity index (χ1n) is 7.78. The number of halogens is 1. The SMILES string of the molecule is N#Cc1c(-c2ccccc2)nc(Cl)nc1-c1ccc2ccccc2c1. The maximum absolute atomic E-state index is 9.75. The minimum absolute atomic E-state index is 0.126. The van der Waals surface area contributed by atoms with E-state index in [1.165, 1.54) is 0 Å². The van der Waals surface area contributed by atoms with Crippen LogP contribution in [0.15, 0.2) is 72.8 Å². The van der Waals surface area contributed by atoms with Crippen molar-refractivity contribution in [3.8, 4) is 28.6 Å². The first-order valence-corrected chi connectivity index (χ1v) is 8.16. The summed E-state index contributed by atoms with van der Waals surface area (Å²) < 4.78 is 0. The molecule has 3 aromatic carbocycles. The van der Waals surface area contributed by atoms with Gasteiger partial charge in [-0.05, 0) is 28.4 Å². The number of hydrogen-bond acceptors (Lipinski definition) is 3. The largest absolute Gasteiger partial charge is 0.223 e. The van der Waals surface area contributed by atoms with E-state index in [-0.39, 0.29) is 5.28 Å². The molecule has 0 saturated heterocycles. The molecule has 0 N–H and O–H groups in total. The third kappa shape index (κ3) is 2.84. The molecule has 0 atom stereocenters. The molecule has 0 saturated carbocycles. The van der Waals surface area contributed by atoms with Crippen LogP contribution in [0.5, 0.6) is 0 Å². The van der Waals surface area contributed by atoms with Gasteiger partial charge in [0.05, 0.1) is 11.4 Å². The van der Waals surface area contributed by atoms with Crippen LogP contribution >= 0.6 is 11.6 Å². The van der Waals surface area contributed by atoms with Gasteiger partial charge < -0.3 is 0 Å². The molecular weight excluding hydrogens is 330 g/mol. The van der Waals surface area contributed by atoms with Gasteiger partial charge in [0, 0.05) is 11.1 Å². The Morgan fingerprint density at radius 3 is 2.08 bits per heavy atom. The van der Waals surface area contributed by atoms with Gasteiger partial charge in [0.1, 0.15) is 11.6 Å². The van der Waals surface area contributed by atoms with Crippen molar-refractivity contribution in [2.24, 2.45) is 0 Å². The van der Waals surface area contributed by atoms with E-state index in [1.807, 2.05) is 72.8 Å². The lowest BCUT2D eigenvalue weighted by atomic mass is 9.99. The molecule has 0 aliphatic rings. The average molecular weight is 342 g/mol. The molecule has 1 aromatic heterocycles. The van der Waals surface area contributed by atoms with E-state index < -0.39 is 0 Å². The fourth-order valence-corrected chi connectivity index (χ4v) is 3.06. The average Bonchev–Trinajstić information content (AvgIpc) is 2.67. The third-order valence-electron chi connectivity index (χ3n) is 4.06. The summed E-state index contributed by atoms with van der Waals surface area (Å²) in [4.78, 5) is 8.63. The summed E-state index contributed by atoms with van der Waals surface area (Å²) >= 11 is 6.17. The zero-order valence-corrected chi connectivity index (χ0v) is 13.9. The minimum atomic E-state index is 0.126. The molecule has 0 unspecified atom stereocenters.